The number of methoxy groups -OCH3 is 2. The maximum Gasteiger partial charge on any atom is 0.287 e. The Kier molecular flexibility index (Phi) is 7.73. The summed E-state index contributed by atoms with van der Waals surface area (Å²) in [7, 11) is 3.19. The molecule has 0 fully saturated rings. The normalized spacial score (nSPS) is 13.7. The third-order valence-corrected chi connectivity index (χ3v) is 6.25. The van der Waals surface area contributed by atoms with Crippen LogP contribution in [0.15, 0.2) is 52.0 Å². The number of nitrogens with zero attached hydrogens (tertiary/aromatic N) is 1. The lowest BCUT2D eigenvalue weighted by Gasteiger charge is -2.13. The second-order valence-electron chi connectivity index (χ2n) is 8.77. The third-order valence-electron chi connectivity index (χ3n) is 6.25. The quantitative estimate of drug-likeness (QED) is 0.458. The first-order valence-electron chi connectivity index (χ1n) is 12.0. The van der Waals surface area contributed by atoms with Gasteiger partial charge in [0.2, 0.25) is 0 Å². The van der Waals surface area contributed by atoms with Crippen LogP contribution in [0.25, 0.3) is 0 Å². The van der Waals surface area contributed by atoms with Crippen molar-refractivity contribution in [3.63, 3.8) is 0 Å². The van der Waals surface area contributed by atoms with Crippen molar-refractivity contribution in [2.24, 2.45) is 5.10 Å². The summed E-state index contributed by atoms with van der Waals surface area (Å²) in [5, 5.41) is 7.34. The predicted octanol–water partition coefficient (Wildman–Crippen LogP) is 4.36. The molecule has 0 radical (unpaired) electrons. The van der Waals surface area contributed by atoms with Crippen molar-refractivity contribution in [1.29, 1.82) is 0 Å². The molecule has 0 aliphatic heterocycles. The summed E-state index contributed by atoms with van der Waals surface area (Å²) in [6.07, 6.45) is 2.88. The molecule has 2 amide bonds. The molecule has 0 spiro atoms. The van der Waals surface area contributed by atoms with E-state index in [1.807, 2.05) is 50.2 Å². The Balaban J connectivity index is 1.43. The van der Waals surface area contributed by atoms with Crippen LogP contribution in [-0.4, -0.2) is 38.3 Å². The summed E-state index contributed by atoms with van der Waals surface area (Å²) in [4.78, 5) is 25.5. The van der Waals surface area contributed by atoms with E-state index in [4.69, 9.17) is 13.9 Å². The van der Waals surface area contributed by atoms with E-state index in [1.165, 1.54) is 0 Å². The Morgan fingerprint density at radius 3 is 2.56 bits per heavy atom. The Morgan fingerprint density at radius 2 is 1.81 bits per heavy atom. The molecule has 1 heterocycles. The van der Waals surface area contributed by atoms with Gasteiger partial charge in [-0.15, -0.1) is 0 Å². The van der Waals surface area contributed by atoms with Crippen LogP contribution in [0.2, 0.25) is 0 Å². The zero-order valence-corrected chi connectivity index (χ0v) is 21.1. The van der Waals surface area contributed by atoms with E-state index >= 15 is 0 Å². The molecule has 3 aromatic rings. The second-order valence-corrected chi connectivity index (χ2v) is 8.77. The number of carbonyl (C=O) groups is 2. The standard InChI is InChI=1S/C28H31N3O5/c1-17-7-5-8-20(15-17)27(32)31-30-21-9-6-10-23-25(21)18(2)26(36-23)28(33)29-14-13-19-11-12-22(34-3)24(16-19)35-4/h5,7-8,11-12,15-16H,6,9-10,13-14H2,1-4H3,(H,29,33)(H,31,32)/b30-21+. The first-order chi connectivity index (χ1) is 17.4. The fraction of sp³-hybridized carbons (Fsp3) is 0.321. The van der Waals surface area contributed by atoms with E-state index in [0.717, 1.165) is 46.6 Å². The van der Waals surface area contributed by atoms with Gasteiger partial charge in [0.15, 0.2) is 17.3 Å². The summed E-state index contributed by atoms with van der Waals surface area (Å²) < 4.78 is 16.6. The Labute approximate surface area is 210 Å². The molecule has 1 aliphatic rings. The number of rotatable bonds is 8. The number of fused-ring (bicyclic) bond motifs is 1. The Morgan fingerprint density at radius 1 is 1.00 bits per heavy atom. The molecule has 0 bridgehead atoms. The lowest BCUT2D eigenvalue weighted by molar-refractivity contribution is 0.0922. The minimum Gasteiger partial charge on any atom is -0.493 e. The highest BCUT2D eigenvalue weighted by atomic mass is 16.5. The number of hydrogen-bond acceptors (Lipinski definition) is 6. The van der Waals surface area contributed by atoms with Gasteiger partial charge in [0.25, 0.3) is 11.8 Å². The Hall–Kier alpha value is -4.07. The molecular formula is C28H31N3O5. The monoisotopic (exact) mass is 489 g/mol. The van der Waals surface area contributed by atoms with Crippen molar-refractivity contribution in [2.75, 3.05) is 20.8 Å². The summed E-state index contributed by atoms with van der Waals surface area (Å²) in [5.41, 5.74) is 7.50. The van der Waals surface area contributed by atoms with Crippen molar-refractivity contribution in [3.8, 4) is 11.5 Å². The average molecular weight is 490 g/mol. The van der Waals surface area contributed by atoms with Gasteiger partial charge in [0.1, 0.15) is 5.76 Å². The number of furan rings is 1. The van der Waals surface area contributed by atoms with Crippen LogP contribution < -0.4 is 20.2 Å². The molecular weight excluding hydrogens is 458 g/mol. The van der Waals surface area contributed by atoms with E-state index in [0.29, 0.717) is 36.4 Å². The van der Waals surface area contributed by atoms with Crippen LogP contribution in [0.1, 0.15) is 61.8 Å². The van der Waals surface area contributed by atoms with Gasteiger partial charge in [-0.2, -0.15) is 5.10 Å². The summed E-state index contributed by atoms with van der Waals surface area (Å²) >= 11 is 0. The van der Waals surface area contributed by atoms with Crippen LogP contribution in [0.5, 0.6) is 11.5 Å². The molecule has 8 nitrogen and oxygen atoms in total. The Bertz CT molecular complexity index is 1310. The van der Waals surface area contributed by atoms with Gasteiger partial charge in [-0.25, -0.2) is 5.43 Å². The van der Waals surface area contributed by atoms with Gasteiger partial charge in [0.05, 0.1) is 19.9 Å². The van der Waals surface area contributed by atoms with Gasteiger partial charge >= 0.3 is 0 Å². The van der Waals surface area contributed by atoms with Crippen LogP contribution in [0.4, 0.5) is 0 Å². The fourth-order valence-corrected chi connectivity index (χ4v) is 4.40. The number of hydrazone groups is 1. The van der Waals surface area contributed by atoms with Crippen LogP contribution >= 0.6 is 0 Å². The van der Waals surface area contributed by atoms with Crippen molar-refractivity contribution in [2.45, 2.75) is 39.5 Å². The van der Waals surface area contributed by atoms with E-state index in [2.05, 4.69) is 15.8 Å². The number of carbonyl (C=O) groups excluding carboxylic acids is 2. The van der Waals surface area contributed by atoms with E-state index in [1.54, 1.807) is 20.3 Å². The topological polar surface area (TPSA) is 102 Å². The van der Waals surface area contributed by atoms with Gasteiger partial charge in [0, 0.05) is 29.7 Å². The SMILES string of the molecule is COc1ccc(CCNC(=O)c2oc3c(c2C)/C(=N/NC(=O)c2cccc(C)c2)CCC3)cc1OC. The highest BCUT2D eigenvalue weighted by Crippen LogP contribution is 2.30. The zero-order valence-electron chi connectivity index (χ0n) is 21.1. The minimum absolute atomic E-state index is 0.271. The van der Waals surface area contributed by atoms with Crippen LogP contribution in [-0.2, 0) is 12.8 Å². The molecule has 8 heteroatoms. The molecule has 2 N–H and O–H groups in total. The molecule has 0 saturated heterocycles. The number of aryl methyl sites for hydroxylation is 2. The van der Waals surface area contributed by atoms with Gasteiger partial charge in [-0.05, 0) is 62.9 Å². The molecule has 4 rings (SSSR count). The fourth-order valence-electron chi connectivity index (χ4n) is 4.40. The van der Waals surface area contributed by atoms with E-state index in [-0.39, 0.29) is 17.6 Å². The van der Waals surface area contributed by atoms with Crippen molar-refractivity contribution in [1.82, 2.24) is 10.7 Å². The summed E-state index contributed by atoms with van der Waals surface area (Å²) in [6.45, 7) is 4.23. The largest absolute Gasteiger partial charge is 0.493 e. The smallest absolute Gasteiger partial charge is 0.287 e. The molecule has 2 aromatic carbocycles. The maximum absolute atomic E-state index is 12.9. The zero-order chi connectivity index (χ0) is 25.7. The number of nitrogens with one attached hydrogen (secondary N) is 2. The highest BCUT2D eigenvalue weighted by Gasteiger charge is 2.28. The minimum atomic E-state index is -0.273. The number of amides is 2. The second kappa shape index (κ2) is 11.1. The van der Waals surface area contributed by atoms with E-state index < -0.39 is 0 Å². The van der Waals surface area contributed by atoms with Gasteiger partial charge in [-0.1, -0.05) is 23.8 Å². The number of benzene rings is 2. The van der Waals surface area contributed by atoms with Gasteiger partial charge < -0.3 is 19.2 Å². The highest BCUT2D eigenvalue weighted by molar-refractivity contribution is 6.07. The molecule has 1 aromatic heterocycles. The third kappa shape index (κ3) is 5.43. The first kappa shape index (κ1) is 25.0. The van der Waals surface area contributed by atoms with Crippen molar-refractivity contribution >= 4 is 17.5 Å². The molecule has 1 aliphatic carbocycles. The first-order valence-corrected chi connectivity index (χ1v) is 12.0. The number of hydrogen-bond donors (Lipinski definition) is 2. The molecule has 0 atom stereocenters. The summed E-state index contributed by atoms with van der Waals surface area (Å²) in [6, 6.07) is 13.0. The predicted molar refractivity (Wildman–Crippen MR) is 137 cm³/mol. The lowest BCUT2D eigenvalue weighted by atomic mass is 9.93. The molecule has 188 valence electrons. The van der Waals surface area contributed by atoms with Crippen LogP contribution in [0, 0.1) is 13.8 Å². The number of ether oxygens (including phenoxy) is 2. The molecule has 0 unspecified atom stereocenters. The molecule has 0 saturated carbocycles. The summed E-state index contributed by atoms with van der Waals surface area (Å²) in [5.74, 6) is 1.78. The average Bonchev–Trinajstić information content (AvgIpc) is 3.24. The maximum atomic E-state index is 12.9. The molecule has 36 heavy (non-hydrogen) atoms. The van der Waals surface area contributed by atoms with E-state index in [9.17, 15) is 9.59 Å². The van der Waals surface area contributed by atoms with Crippen molar-refractivity contribution < 1.29 is 23.5 Å². The van der Waals surface area contributed by atoms with Gasteiger partial charge in [-0.3, -0.25) is 9.59 Å². The van der Waals surface area contributed by atoms with Crippen LogP contribution in [0.3, 0.4) is 0 Å². The lowest BCUT2D eigenvalue weighted by Crippen LogP contribution is -2.26. The van der Waals surface area contributed by atoms with Crippen molar-refractivity contribution in [3.05, 3.63) is 81.8 Å².